The van der Waals surface area contributed by atoms with Gasteiger partial charge in [0, 0.05) is 36.4 Å². The minimum atomic E-state index is -2.48. The highest BCUT2D eigenvalue weighted by molar-refractivity contribution is 7.09. The lowest BCUT2D eigenvalue weighted by atomic mass is 9.81. The van der Waals surface area contributed by atoms with E-state index in [0.29, 0.717) is 12.8 Å². The summed E-state index contributed by atoms with van der Waals surface area (Å²) >= 11 is 1.60. The predicted molar refractivity (Wildman–Crippen MR) is 68.6 cm³/mol. The first kappa shape index (κ1) is 13.8. The lowest BCUT2D eigenvalue weighted by molar-refractivity contribution is -0.0495. The Morgan fingerprint density at radius 3 is 2.72 bits per heavy atom. The van der Waals surface area contributed by atoms with Gasteiger partial charge in [-0.2, -0.15) is 0 Å². The molecule has 1 aliphatic rings. The molecule has 3 nitrogen and oxygen atoms in total. The number of hydrogen-bond acceptors (Lipinski definition) is 4. The average Bonchev–Trinajstić information content (AvgIpc) is 2.72. The zero-order valence-electron chi connectivity index (χ0n) is 10.5. The fraction of sp³-hybridized carbons (Fsp3) is 0.750. The van der Waals surface area contributed by atoms with Gasteiger partial charge < -0.3 is 0 Å². The molecule has 1 atom stereocenters. The van der Waals surface area contributed by atoms with Gasteiger partial charge in [-0.3, -0.25) is 11.3 Å². The SMILES string of the molecule is Cc1csc(CC(NN)C2CCC(F)(F)CC2)n1. The van der Waals surface area contributed by atoms with Crippen LogP contribution < -0.4 is 11.3 Å². The number of nitrogens with two attached hydrogens (primary N) is 1. The van der Waals surface area contributed by atoms with Crippen LogP contribution in [0.25, 0.3) is 0 Å². The molecule has 1 unspecified atom stereocenters. The monoisotopic (exact) mass is 275 g/mol. The number of hydrogen-bond donors (Lipinski definition) is 2. The van der Waals surface area contributed by atoms with E-state index in [1.807, 2.05) is 12.3 Å². The highest BCUT2D eigenvalue weighted by Gasteiger charge is 2.37. The summed E-state index contributed by atoms with van der Waals surface area (Å²) in [6, 6.07) is 0.0478. The third-order valence-corrected chi connectivity index (χ3v) is 4.59. The molecule has 102 valence electrons. The topological polar surface area (TPSA) is 50.9 Å². The molecule has 1 aromatic rings. The molecule has 0 radical (unpaired) electrons. The lowest BCUT2D eigenvalue weighted by Crippen LogP contribution is -2.44. The van der Waals surface area contributed by atoms with E-state index in [1.54, 1.807) is 11.3 Å². The Morgan fingerprint density at radius 1 is 1.56 bits per heavy atom. The zero-order chi connectivity index (χ0) is 13.2. The van der Waals surface area contributed by atoms with Crippen LogP contribution in [0.3, 0.4) is 0 Å². The maximum Gasteiger partial charge on any atom is 0.248 e. The van der Waals surface area contributed by atoms with Crippen LogP contribution in [-0.4, -0.2) is 16.9 Å². The second-order valence-electron chi connectivity index (χ2n) is 5.05. The first-order valence-electron chi connectivity index (χ1n) is 6.25. The number of hydrazine groups is 1. The molecule has 1 fully saturated rings. The van der Waals surface area contributed by atoms with Gasteiger partial charge in [-0.05, 0) is 25.7 Å². The predicted octanol–water partition coefficient (Wildman–Crippen LogP) is 2.65. The van der Waals surface area contributed by atoms with Crippen LogP contribution in [0, 0.1) is 12.8 Å². The van der Waals surface area contributed by atoms with E-state index in [1.165, 1.54) is 0 Å². The molecule has 6 heteroatoms. The van der Waals surface area contributed by atoms with E-state index < -0.39 is 5.92 Å². The second kappa shape index (κ2) is 5.59. The Hall–Kier alpha value is -0.590. The number of aromatic nitrogens is 1. The van der Waals surface area contributed by atoms with Gasteiger partial charge in [-0.1, -0.05) is 0 Å². The molecular formula is C12H19F2N3S. The summed E-state index contributed by atoms with van der Waals surface area (Å²) in [6.45, 7) is 1.95. The van der Waals surface area contributed by atoms with Crippen molar-refractivity contribution in [1.82, 2.24) is 10.4 Å². The van der Waals surface area contributed by atoms with Gasteiger partial charge in [-0.15, -0.1) is 11.3 Å². The van der Waals surface area contributed by atoms with Gasteiger partial charge in [0.25, 0.3) is 0 Å². The van der Waals surface area contributed by atoms with Crippen molar-refractivity contribution in [3.05, 3.63) is 16.1 Å². The van der Waals surface area contributed by atoms with Crippen molar-refractivity contribution in [2.75, 3.05) is 0 Å². The lowest BCUT2D eigenvalue weighted by Gasteiger charge is -2.33. The van der Waals surface area contributed by atoms with Gasteiger partial charge in [0.1, 0.15) is 0 Å². The number of halogens is 2. The molecule has 1 saturated carbocycles. The van der Waals surface area contributed by atoms with Crippen molar-refractivity contribution in [3.63, 3.8) is 0 Å². The second-order valence-corrected chi connectivity index (χ2v) is 6.00. The number of nitrogens with zero attached hydrogens (tertiary/aromatic N) is 1. The molecule has 0 spiro atoms. The number of nitrogens with one attached hydrogen (secondary N) is 1. The first-order chi connectivity index (χ1) is 8.50. The summed E-state index contributed by atoms with van der Waals surface area (Å²) in [5.74, 6) is 3.31. The largest absolute Gasteiger partial charge is 0.271 e. The maximum absolute atomic E-state index is 13.1. The molecule has 0 amide bonds. The van der Waals surface area contributed by atoms with E-state index in [2.05, 4.69) is 10.4 Å². The quantitative estimate of drug-likeness (QED) is 0.656. The van der Waals surface area contributed by atoms with E-state index in [0.717, 1.165) is 17.1 Å². The van der Waals surface area contributed by atoms with Crippen LogP contribution in [0.15, 0.2) is 5.38 Å². The smallest absolute Gasteiger partial charge is 0.248 e. The number of rotatable bonds is 4. The molecule has 18 heavy (non-hydrogen) atoms. The van der Waals surface area contributed by atoms with Crippen LogP contribution in [0.2, 0.25) is 0 Å². The summed E-state index contributed by atoms with van der Waals surface area (Å²) in [5, 5.41) is 3.02. The van der Waals surface area contributed by atoms with E-state index in [-0.39, 0.29) is 24.8 Å². The summed E-state index contributed by atoms with van der Waals surface area (Å²) in [5.41, 5.74) is 3.78. The molecule has 0 aromatic carbocycles. The Bertz CT molecular complexity index is 384. The average molecular weight is 275 g/mol. The van der Waals surface area contributed by atoms with Crippen molar-refractivity contribution >= 4 is 11.3 Å². The molecule has 0 bridgehead atoms. The highest BCUT2D eigenvalue weighted by Crippen LogP contribution is 2.37. The zero-order valence-corrected chi connectivity index (χ0v) is 11.3. The van der Waals surface area contributed by atoms with E-state index in [4.69, 9.17) is 5.84 Å². The molecule has 1 aliphatic carbocycles. The molecule has 0 saturated heterocycles. The van der Waals surface area contributed by atoms with Crippen LogP contribution in [0.5, 0.6) is 0 Å². The van der Waals surface area contributed by atoms with E-state index >= 15 is 0 Å². The molecule has 3 N–H and O–H groups in total. The molecule has 1 heterocycles. The minimum absolute atomic E-state index is 0.0211. The standard InChI is InChI=1S/C12H19F2N3S/c1-8-7-18-11(16-8)6-10(17-15)9-2-4-12(13,14)5-3-9/h7,9-10,17H,2-6,15H2,1H3. The van der Waals surface area contributed by atoms with Gasteiger partial charge >= 0.3 is 0 Å². The Morgan fingerprint density at radius 2 is 2.22 bits per heavy atom. The van der Waals surface area contributed by atoms with Crippen LogP contribution in [0.4, 0.5) is 8.78 Å². The highest BCUT2D eigenvalue weighted by atomic mass is 32.1. The third-order valence-electron chi connectivity index (χ3n) is 3.61. The van der Waals surface area contributed by atoms with Gasteiger partial charge in [0.15, 0.2) is 0 Å². The number of alkyl halides is 2. The molecule has 2 rings (SSSR count). The maximum atomic E-state index is 13.1. The van der Waals surface area contributed by atoms with Crippen molar-refractivity contribution < 1.29 is 8.78 Å². The number of thiazole rings is 1. The summed E-state index contributed by atoms with van der Waals surface area (Å²) < 4.78 is 26.2. The fourth-order valence-corrected chi connectivity index (χ4v) is 3.34. The summed E-state index contributed by atoms with van der Waals surface area (Å²) in [4.78, 5) is 4.40. The molecule has 1 aromatic heterocycles. The van der Waals surface area contributed by atoms with Gasteiger partial charge in [0.2, 0.25) is 5.92 Å². The third kappa shape index (κ3) is 3.46. The summed E-state index contributed by atoms with van der Waals surface area (Å²) in [7, 11) is 0. The van der Waals surface area contributed by atoms with Crippen molar-refractivity contribution in [3.8, 4) is 0 Å². The molecule has 0 aliphatic heterocycles. The van der Waals surface area contributed by atoms with Crippen LogP contribution in [-0.2, 0) is 6.42 Å². The summed E-state index contributed by atoms with van der Waals surface area (Å²) in [6.07, 6.45) is 1.75. The fourth-order valence-electron chi connectivity index (χ4n) is 2.51. The Kier molecular flexibility index (Phi) is 4.29. The van der Waals surface area contributed by atoms with Crippen LogP contribution >= 0.6 is 11.3 Å². The first-order valence-corrected chi connectivity index (χ1v) is 7.13. The van der Waals surface area contributed by atoms with E-state index in [9.17, 15) is 8.78 Å². The Labute approximate surface area is 110 Å². The number of aryl methyl sites for hydroxylation is 1. The van der Waals surface area contributed by atoms with Crippen molar-refractivity contribution in [1.29, 1.82) is 0 Å². The van der Waals surface area contributed by atoms with Crippen molar-refractivity contribution in [2.45, 2.75) is 51.0 Å². The van der Waals surface area contributed by atoms with Crippen molar-refractivity contribution in [2.24, 2.45) is 11.8 Å². The molecular weight excluding hydrogens is 256 g/mol. The van der Waals surface area contributed by atoms with Crippen LogP contribution in [0.1, 0.15) is 36.4 Å². The minimum Gasteiger partial charge on any atom is -0.271 e. The van der Waals surface area contributed by atoms with Gasteiger partial charge in [0.05, 0.1) is 5.01 Å². The normalized spacial score (nSPS) is 22.0. The Balaban J connectivity index is 1.93. The van der Waals surface area contributed by atoms with Gasteiger partial charge in [-0.25, -0.2) is 13.8 Å².